The van der Waals surface area contributed by atoms with Crippen LogP contribution in [0.4, 0.5) is 4.39 Å². The average molecular weight is 274 g/mol. The highest BCUT2D eigenvalue weighted by Crippen LogP contribution is 2.16. The van der Waals surface area contributed by atoms with E-state index in [0.717, 1.165) is 12.1 Å². The van der Waals surface area contributed by atoms with Gasteiger partial charge >= 0.3 is 5.97 Å². The minimum Gasteiger partial charge on any atom is -0.480 e. The summed E-state index contributed by atoms with van der Waals surface area (Å²) in [7, 11) is 0. The molecule has 0 saturated carbocycles. The monoisotopic (exact) mass is 273 g/mol. The first-order valence-electron chi connectivity index (χ1n) is 5.31. The van der Waals surface area contributed by atoms with Gasteiger partial charge in [-0.25, -0.2) is 9.18 Å². The molecule has 1 rings (SSSR count). The SMILES string of the molecule is CC(C)C(NC(=O)c1ccc(F)c(Cl)c1)C(=O)O. The second-order valence-corrected chi connectivity index (χ2v) is 4.57. The highest BCUT2D eigenvalue weighted by atomic mass is 35.5. The van der Waals surface area contributed by atoms with Crippen molar-refractivity contribution in [2.75, 3.05) is 0 Å². The molecule has 0 radical (unpaired) electrons. The van der Waals surface area contributed by atoms with Crippen LogP contribution < -0.4 is 5.32 Å². The van der Waals surface area contributed by atoms with Gasteiger partial charge in [0.15, 0.2) is 0 Å². The molecule has 98 valence electrons. The Balaban J connectivity index is 2.87. The van der Waals surface area contributed by atoms with Crippen molar-refractivity contribution in [1.29, 1.82) is 0 Å². The van der Waals surface area contributed by atoms with E-state index < -0.39 is 23.7 Å². The van der Waals surface area contributed by atoms with E-state index in [1.807, 2.05) is 0 Å². The summed E-state index contributed by atoms with van der Waals surface area (Å²) in [6, 6.07) is 2.46. The van der Waals surface area contributed by atoms with Crippen molar-refractivity contribution in [2.45, 2.75) is 19.9 Å². The number of carboxylic acids is 1. The van der Waals surface area contributed by atoms with Gasteiger partial charge in [-0.05, 0) is 24.1 Å². The Hall–Kier alpha value is -1.62. The van der Waals surface area contributed by atoms with Crippen LogP contribution in [0.2, 0.25) is 5.02 Å². The summed E-state index contributed by atoms with van der Waals surface area (Å²) in [5.41, 5.74) is 0.119. The second-order valence-electron chi connectivity index (χ2n) is 4.16. The van der Waals surface area contributed by atoms with Crippen LogP contribution in [0.3, 0.4) is 0 Å². The number of benzene rings is 1. The molecule has 1 amide bonds. The van der Waals surface area contributed by atoms with Gasteiger partial charge in [0.2, 0.25) is 0 Å². The molecule has 1 aromatic rings. The summed E-state index contributed by atoms with van der Waals surface area (Å²) in [6.45, 7) is 3.35. The predicted molar refractivity (Wildman–Crippen MR) is 65.1 cm³/mol. The lowest BCUT2D eigenvalue weighted by atomic mass is 10.0. The standard InChI is InChI=1S/C12H13ClFNO3/c1-6(2)10(12(17)18)15-11(16)7-3-4-9(14)8(13)5-7/h3-6,10H,1-2H3,(H,15,16)(H,17,18). The number of carbonyl (C=O) groups excluding carboxylic acids is 1. The highest BCUT2D eigenvalue weighted by Gasteiger charge is 2.24. The fraction of sp³-hybridized carbons (Fsp3) is 0.333. The molecule has 4 nitrogen and oxygen atoms in total. The first-order chi connectivity index (χ1) is 8.32. The number of carbonyl (C=O) groups is 2. The van der Waals surface area contributed by atoms with Crippen molar-refractivity contribution in [3.8, 4) is 0 Å². The number of hydrogen-bond acceptors (Lipinski definition) is 2. The zero-order chi connectivity index (χ0) is 13.9. The van der Waals surface area contributed by atoms with E-state index in [4.69, 9.17) is 16.7 Å². The third-order valence-corrected chi connectivity index (χ3v) is 2.69. The summed E-state index contributed by atoms with van der Waals surface area (Å²) in [4.78, 5) is 22.7. The molecule has 0 saturated heterocycles. The Morgan fingerprint density at radius 1 is 1.39 bits per heavy atom. The minimum absolute atomic E-state index is 0.119. The molecule has 1 aromatic carbocycles. The largest absolute Gasteiger partial charge is 0.480 e. The number of nitrogens with one attached hydrogen (secondary N) is 1. The van der Waals surface area contributed by atoms with Crippen molar-refractivity contribution in [3.63, 3.8) is 0 Å². The van der Waals surface area contributed by atoms with E-state index in [1.165, 1.54) is 6.07 Å². The van der Waals surface area contributed by atoms with E-state index in [0.29, 0.717) is 0 Å². The van der Waals surface area contributed by atoms with Gasteiger partial charge in [-0.1, -0.05) is 25.4 Å². The van der Waals surface area contributed by atoms with E-state index in [-0.39, 0.29) is 16.5 Å². The van der Waals surface area contributed by atoms with E-state index in [2.05, 4.69) is 5.32 Å². The molecule has 0 aliphatic rings. The Morgan fingerprint density at radius 2 is 2.00 bits per heavy atom. The summed E-state index contributed by atoms with van der Waals surface area (Å²) >= 11 is 5.55. The third kappa shape index (κ3) is 3.43. The maximum absolute atomic E-state index is 12.9. The molecule has 0 aliphatic carbocycles. The summed E-state index contributed by atoms with van der Waals surface area (Å²) in [5.74, 6) is -2.61. The number of carboxylic acid groups (broad SMARTS) is 1. The molecule has 0 spiro atoms. The van der Waals surface area contributed by atoms with Gasteiger partial charge in [-0.2, -0.15) is 0 Å². The Labute approximate surface area is 109 Å². The number of halogens is 2. The molecule has 18 heavy (non-hydrogen) atoms. The number of hydrogen-bond donors (Lipinski definition) is 2. The van der Waals surface area contributed by atoms with Gasteiger partial charge in [0.1, 0.15) is 11.9 Å². The van der Waals surface area contributed by atoms with Crippen molar-refractivity contribution in [2.24, 2.45) is 5.92 Å². The predicted octanol–water partition coefficient (Wildman–Crippen LogP) is 2.32. The van der Waals surface area contributed by atoms with Gasteiger partial charge in [0.05, 0.1) is 5.02 Å². The fourth-order valence-electron chi connectivity index (χ4n) is 1.38. The normalized spacial score (nSPS) is 12.3. The summed E-state index contributed by atoms with van der Waals surface area (Å²) < 4.78 is 12.9. The van der Waals surface area contributed by atoms with Crippen LogP contribution in [0.15, 0.2) is 18.2 Å². The molecule has 0 aromatic heterocycles. The molecule has 6 heteroatoms. The van der Waals surface area contributed by atoms with Crippen molar-refractivity contribution < 1.29 is 19.1 Å². The molecule has 0 heterocycles. The third-order valence-electron chi connectivity index (χ3n) is 2.40. The van der Waals surface area contributed by atoms with Crippen LogP contribution in [0.5, 0.6) is 0 Å². The Bertz CT molecular complexity index is 476. The first-order valence-corrected chi connectivity index (χ1v) is 5.69. The number of rotatable bonds is 4. The Morgan fingerprint density at radius 3 is 2.44 bits per heavy atom. The maximum atomic E-state index is 12.9. The van der Waals surface area contributed by atoms with Crippen LogP contribution in [-0.4, -0.2) is 23.0 Å². The van der Waals surface area contributed by atoms with Gasteiger partial charge < -0.3 is 10.4 Å². The molecule has 0 aliphatic heterocycles. The van der Waals surface area contributed by atoms with Crippen molar-refractivity contribution >= 4 is 23.5 Å². The van der Waals surface area contributed by atoms with Crippen LogP contribution in [0.25, 0.3) is 0 Å². The molecule has 2 N–H and O–H groups in total. The lowest BCUT2D eigenvalue weighted by Crippen LogP contribution is -2.44. The average Bonchev–Trinajstić information content (AvgIpc) is 2.28. The van der Waals surface area contributed by atoms with Crippen molar-refractivity contribution in [1.82, 2.24) is 5.32 Å². The lowest BCUT2D eigenvalue weighted by molar-refractivity contribution is -0.140. The smallest absolute Gasteiger partial charge is 0.326 e. The maximum Gasteiger partial charge on any atom is 0.326 e. The van der Waals surface area contributed by atoms with Crippen molar-refractivity contribution in [3.05, 3.63) is 34.6 Å². The first kappa shape index (κ1) is 14.4. The van der Waals surface area contributed by atoms with Crippen LogP contribution in [0, 0.1) is 11.7 Å². The second kappa shape index (κ2) is 5.82. The van der Waals surface area contributed by atoms with Gasteiger partial charge in [-0.3, -0.25) is 4.79 Å². The number of aliphatic carboxylic acids is 1. The topological polar surface area (TPSA) is 66.4 Å². The molecule has 1 unspecified atom stereocenters. The van der Waals surface area contributed by atoms with Gasteiger partial charge in [-0.15, -0.1) is 0 Å². The molecule has 0 fully saturated rings. The summed E-state index contributed by atoms with van der Waals surface area (Å²) in [5, 5.41) is 11.1. The molecule has 1 atom stereocenters. The minimum atomic E-state index is -1.12. The fourth-order valence-corrected chi connectivity index (χ4v) is 1.56. The summed E-state index contributed by atoms with van der Waals surface area (Å²) in [6.07, 6.45) is 0. The molecular weight excluding hydrogens is 261 g/mol. The van der Waals surface area contributed by atoms with Crippen LogP contribution in [-0.2, 0) is 4.79 Å². The molecule has 0 bridgehead atoms. The van der Waals surface area contributed by atoms with E-state index in [9.17, 15) is 14.0 Å². The number of amides is 1. The van der Waals surface area contributed by atoms with Gasteiger partial charge in [0, 0.05) is 5.56 Å². The highest BCUT2D eigenvalue weighted by molar-refractivity contribution is 6.31. The lowest BCUT2D eigenvalue weighted by Gasteiger charge is -2.17. The van der Waals surface area contributed by atoms with E-state index in [1.54, 1.807) is 13.8 Å². The van der Waals surface area contributed by atoms with Crippen LogP contribution in [0.1, 0.15) is 24.2 Å². The van der Waals surface area contributed by atoms with Crippen LogP contribution >= 0.6 is 11.6 Å². The Kier molecular flexibility index (Phi) is 4.67. The zero-order valence-electron chi connectivity index (χ0n) is 9.91. The van der Waals surface area contributed by atoms with Gasteiger partial charge in [0.25, 0.3) is 5.91 Å². The molecular formula is C12H13ClFNO3. The van der Waals surface area contributed by atoms with E-state index >= 15 is 0 Å². The zero-order valence-corrected chi connectivity index (χ0v) is 10.7. The quantitative estimate of drug-likeness (QED) is 0.885.